The molecule has 0 aromatic heterocycles. The van der Waals surface area contributed by atoms with Gasteiger partial charge in [0.05, 0.1) is 12.0 Å². The molecule has 33 heavy (non-hydrogen) atoms. The molecule has 1 aromatic carbocycles. The lowest BCUT2D eigenvalue weighted by Gasteiger charge is -2.18. The number of allylic oxidation sites excluding steroid dienone is 2. The smallest absolute Gasteiger partial charge is 0.416 e. The average Bonchev–Trinajstić information content (AvgIpc) is 2.75. The lowest BCUT2D eigenvalue weighted by atomic mass is 9.88. The van der Waals surface area contributed by atoms with Crippen LogP contribution in [0.2, 0.25) is 0 Å². The number of aliphatic carboxylic acids is 1. The van der Waals surface area contributed by atoms with E-state index >= 15 is 0 Å². The maximum absolute atomic E-state index is 14.2. The number of alkyl halides is 3. The van der Waals surface area contributed by atoms with Gasteiger partial charge in [-0.05, 0) is 80.4 Å². The van der Waals surface area contributed by atoms with E-state index in [1.165, 1.54) is 5.57 Å². The van der Waals surface area contributed by atoms with E-state index in [0.29, 0.717) is 18.9 Å². The topological polar surface area (TPSA) is 61.7 Å². The van der Waals surface area contributed by atoms with Crippen molar-refractivity contribution in [2.24, 2.45) is 4.99 Å². The summed E-state index contributed by atoms with van der Waals surface area (Å²) in [5.41, 5.74) is 0.973. The quantitative estimate of drug-likeness (QED) is 0.198. The fourth-order valence-electron chi connectivity index (χ4n) is 3.97. The zero-order valence-corrected chi connectivity index (χ0v) is 19.0. The van der Waals surface area contributed by atoms with Crippen molar-refractivity contribution in [3.63, 3.8) is 0 Å². The summed E-state index contributed by atoms with van der Waals surface area (Å²) in [4.78, 5) is 15.9. The van der Waals surface area contributed by atoms with Crippen LogP contribution in [0.5, 0.6) is 0 Å². The first-order valence-corrected chi connectivity index (χ1v) is 11.3. The number of carboxylic acids is 1. The summed E-state index contributed by atoms with van der Waals surface area (Å²) in [6.07, 6.45) is 2.99. The summed E-state index contributed by atoms with van der Waals surface area (Å²) in [6, 6.07) is 2.18. The van der Waals surface area contributed by atoms with Gasteiger partial charge in [-0.2, -0.15) is 13.2 Å². The van der Waals surface area contributed by atoms with Gasteiger partial charge in [0, 0.05) is 12.3 Å². The fourth-order valence-corrected chi connectivity index (χ4v) is 3.97. The molecule has 1 aliphatic rings. The molecule has 1 heterocycles. The Hall–Kier alpha value is -2.64. The molecule has 1 aromatic rings. The van der Waals surface area contributed by atoms with Crippen molar-refractivity contribution in [1.82, 2.24) is 5.32 Å². The highest BCUT2D eigenvalue weighted by molar-refractivity contribution is 5.95. The summed E-state index contributed by atoms with van der Waals surface area (Å²) in [5, 5.41) is 12.5. The first kappa shape index (κ1) is 26.6. The fraction of sp³-hybridized carbons (Fsp3) is 0.520. The van der Waals surface area contributed by atoms with E-state index in [9.17, 15) is 27.5 Å². The zero-order chi connectivity index (χ0) is 24.4. The van der Waals surface area contributed by atoms with Gasteiger partial charge >= 0.3 is 12.1 Å². The normalized spacial score (nSPS) is 15.8. The molecule has 0 aliphatic carbocycles. The van der Waals surface area contributed by atoms with Gasteiger partial charge in [-0.1, -0.05) is 25.8 Å². The number of unbranched alkanes of at least 4 members (excludes halogenated alkanes) is 3. The molecule has 0 fully saturated rings. The highest BCUT2D eigenvalue weighted by Crippen LogP contribution is 2.35. The van der Waals surface area contributed by atoms with Crippen LogP contribution >= 0.6 is 0 Å². The number of nitrogens with zero attached hydrogens (tertiary/aromatic N) is 1. The summed E-state index contributed by atoms with van der Waals surface area (Å²) in [6.45, 7) is 6.80. The van der Waals surface area contributed by atoms with Crippen LogP contribution in [0.4, 0.5) is 17.6 Å². The third kappa shape index (κ3) is 8.67. The standard InChI is InChI=1S/C25H32F4N2O2/c1-3-20(31-24-17(2)9-8-14-30-24)11-7-5-4-6-10-18(15-23(32)33)21-16-19(25(27,28)29)12-13-22(21)26/h3,12-13,16,18,30H,1,4-11,14-15H2,2H3,(H,32,33)/b31-20+. The van der Waals surface area contributed by atoms with Crippen molar-refractivity contribution in [2.45, 2.75) is 76.8 Å². The number of rotatable bonds is 12. The van der Waals surface area contributed by atoms with E-state index in [2.05, 4.69) is 23.8 Å². The van der Waals surface area contributed by atoms with Crippen LogP contribution < -0.4 is 5.32 Å². The Kier molecular flexibility index (Phi) is 10.1. The summed E-state index contributed by atoms with van der Waals surface area (Å²) in [7, 11) is 0. The number of hydrogen-bond donors (Lipinski definition) is 2. The van der Waals surface area contributed by atoms with E-state index in [0.717, 1.165) is 68.7 Å². The zero-order valence-electron chi connectivity index (χ0n) is 19.0. The van der Waals surface area contributed by atoms with E-state index < -0.39 is 35.9 Å². The number of aliphatic imine (C=N–C) groups is 1. The number of nitrogens with one attached hydrogen (secondary N) is 1. The molecule has 182 valence electrons. The van der Waals surface area contributed by atoms with Gasteiger partial charge in [-0.15, -0.1) is 0 Å². The van der Waals surface area contributed by atoms with E-state index in [4.69, 9.17) is 0 Å². The van der Waals surface area contributed by atoms with Crippen LogP contribution in [0, 0.1) is 5.82 Å². The molecule has 1 aliphatic heterocycles. The van der Waals surface area contributed by atoms with Crippen LogP contribution in [-0.4, -0.2) is 23.3 Å². The molecule has 1 atom stereocenters. The maximum Gasteiger partial charge on any atom is 0.416 e. The molecule has 1 unspecified atom stereocenters. The van der Waals surface area contributed by atoms with Crippen LogP contribution in [-0.2, 0) is 11.0 Å². The minimum Gasteiger partial charge on any atom is -0.481 e. The van der Waals surface area contributed by atoms with Gasteiger partial charge in [-0.25, -0.2) is 9.38 Å². The minimum atomic E-state index is -4.61. The Bertz CT molecular complexity index is 891. The molecule has 0 bridgehead atoms. The van der Waals surface area contributed by atoms with Crippen molar-refractivity contribution >= 4 is 11.7 Å². The van der Waals surface area contributed by atoms with E-state index in [1.54, 1.807) is 6.08 Å². The van der Waals surface area contributed by atoms with Crippen LogP contribution in [0.25, 0.3) is 0 Å². The Morgan fingerprint density at radius 2 is 2.00 bits per heavy atom. The molecular formula is C25H32F4N2O2. The summed E-state index contributed by atoms with van der Waals surface area (Å²) < 4.78 is 53.3. The monoisotopic (exact) mass is 468 g/mol. The molecule has 8 heteroatoms. The van der Waals surface area contributed by atoms with Crippen LogP contribution in [0.1, 0.15) is 81.8 Å². The number of carboxylic acid groups (broad SMARTS) is 1. The van der Waals surface area contributed by atoms with Crippen molar-refractivity contribution in [1.29, 1.82) is 0 Å². The largest absolute Gasteiger partial charge is 0.481 e. The number of halogens is 4. The number of hydrogen-bond acceptors (Lipinski definition) is 3. The molecule has 0 saturated heterocycles. The predicted molar refractivity (Wildman–Crippen MR) is 122 cm³/mol. The first-order chi connectivity index (χ1) is 15.6. The van der Waals surface area contributed by atoms with Gasteiger partial charge in [0.25, 0.3) is 0 Å². The summed E-state index contributed by atoms with van der Waals surface area (Å²) in [5.74, 6) is -1.86. The second-order valence-corrected chi connectivity index (χ2v) is 8.45. The highest BCUT2D eigenvalue weighted by Gasteiger charge is 2.32. The second kappa shape index (κ2) is 12.6. The van der Waals surface area contributed by atoms with Crippen LogP contribution in [0.3, 0.4) is 0 Å². The highest BCUT2D eigenvalue weighted by atomic mass is 19.4. The third-order valence-electron chi connectivity index (χ3n) is 5.84. The van der Waals surface area contributed by atoms with Crippen molar-refractivity contribution < 1.29 is 27.5 Å². The molecule has 0 spiro atoms. The van der Waals surface area contributed by atoms with Gasteiger partial charge in [0.15, 0.2) is 0 Å². The van der Waals surface area contributed by atoms with Crippen molar-refractivity contribution in [3.8, 4) is 0 Å². The first-order valence-electron chi connectivity index (χ1n) is 11.3. The van der Waals surface area contributed by atoms with E-state index in [-0.39, 0.29) is 5.56 Å². The number of benzene rings is 1. The maximum atomic E-state index is 14.2. The third-order valence-corrected chi connectivity index (χ3v) is 5.84. The van der Waals surface area contributed by atoms with Gasteiger partial charge in [0.1, 0.15) is 11.6 Å². The van der Waals surface area contributed by atoms with E-state index in [1.807, 2.05) is 0 Å². The molecule has 0 saturated carbocycles. The molecule has 0 radical (unpaired) electrons. The van der Waals surface area contributed by atoms with Crippen molar-refractivity contribution in [2.75, 3.05) is 6.54 Å². The average molecular weight is 469 g/mol. The molecule has 2 N–H and O–H groups in total. The van der Waals surface area contributed by atoms with Gasteiger partial charge in [0.2, 0.25) is 0 Å². The van der Waals surface area contributed by atoms with Gasteiger partial charge < -0.3 is 10.4 Å². The minimum absolute atomic E-state index is 0.183. The SMILES string of the molecule is C=C/C(CCCCCCC(CC(=O)O)c1cc(C(F)(F)F)ccc1F)=N\C1=C(C)CCCN1. The summed E-state index contributed by atoms with van der Waals surface area (Å²) >= 11 is 0. The van der Waals surface area contributed by atoms with Gasteiger partial charge in [-0.3, -0.25) is 4.79 Å². The second-order valence-electron chi connectivity index (χ2n) is 8.45. The van der Waals surface area contributed by atoms with Crippen molar-refractivity contribution in [3.05, 3.63) is 59.2 Å². The van der Waals surface area contributed by atoms with Crippen LogP contribution in [0.15, 0.2) is 47.2 Å². The predicted octanol–water partition coefficient (Wildman–Crippen LogP) is 6.99. The molecule has 2 rings (SSSR count). The molecule has 4 nitrogen and oxygen atoms in total. The molecule has 0 amide bonds. The Labute approximate surface area is 192 Å². The Morgan fingerprint density at radius 3 is 2.64 bits per heavy atom. The Morgan fingerprint density at radius 1 is 1.27 bits per heavy atom. The lowest BCUT2D eigenvalue weighted by Crippen LogP contribution is -2.20. The number of carbonyl (C=O) groups is 1. The lowest BCUT2D eigenvalue weighted by molar-refractivity contribution is -0.138. The Balaban J connectivity index is 1.90. The molecular weight excluding hydrogens is 436 g/mol.